The number of rotatable bonds is 3. The van der Waals surface area contributed by atoms with Gasteiger partial charge in [0.2, 0.25) is 0 Å². The van der Waals surface area contributed by atoms with Crippen LogP contribution in [0.15, 0.2) is 23.0 Å². The van der Waals surface area contributed by atoms with Crippen molar-refractivity contribution in [1.82, 2.24) is 9.97 Å². The van der Waals surface area contributed by atoms with E-state index < -0.39 is 22.9 Å². The molecular weight excluding hydrogens is 267 g/mol. The molecule has 0 radical (unpaired) electrons. The molecule has 1 heterocycles. The van der Waals surface area contributed by atoms with Gasteiger partial charge in [0.1, 0.15) is 23.0 Å². The number of nitrogens with one attached hydrogen (secondary N) is 1. The van der Waals surface area contributed by atoms with Crippen molar-refractivity contribution in [3.8, 4) is 17.1 Å². The molecule has 1 aromatic heterocycles. The molecule has 1 aromatic carbocycles. The van der Waals surface area contributed by atoms with E-state index in [0.717, 1.165) is 6.07 Å². The summed E-state index contributed by atoms with van der Waals surface area (Å²) in [6.45, 7) is 1.38. The first-order chi connectivity index (χ1) is 9.43. The molecule has 0 unspecified atom stereocenters. The summed E-state index contributed by atoms with van der Waals surface area (Å²) in [5, 5.41) is 8.88. The zero-order valence-electron chi connectivity index (χ0n) is 10.7. The third kappa shape index (κ3) is 2.37. The van der Waals surface area contributed by atoms with Crippen molar-refractivity contribution in [2.24, 2.45) is 0 Å². The van der Waals surface area contributed by atoms with Gasteiger partial charge in [0, 0.05) is 6.07 Å². The van der Waals surface area contributed by atoms with Crippen molar-refractivity contribution in [2.45, 2.75) is 6.92 Å². The summed E-state index contributed by atoms with van der Waals surface area (Å²) in [6, 6.07) is 4.06. The summed E-state index contributed by atoms with van der Waals surface area (Å²) in [5.74, 6) is -1.71. The van der Waals surface area contributed by atoms with Crippen molar-refractivity contribution >= 4 is 5.97 Å². The first-order valence-electron chi connectivity index (χ1n) is 5.62. The smallest absolute Gasteiger partial charge is 0.343 e. The van der Waals surface area contributed by atoms with Crippen molar-refractivity contribution in [3.05, 3.63) is 45.6 Å². The topological polar surface area (TPSA) is 92.3 Å². The van der Waals surface area contributed by atoms with E-state index in [1.165, 1.54) is 26.2 Å². The molecule has 0 spiro atoms. The number of hydrogen-bond donors (Lipinski definition) is 2. The maximum absolute atomic E-state index is 13.9. The Bertz CT molecular complexity index is 740. The van der Waals surface area contributed by atoms with Gasteiger partial charge >= 0.3 is 5.97 Å². The van der Waals surface area contributed by atoms with Crippen LogP contribution in [0, 0.1) is 12.7 Å². The van der Waals surface area contributed by atoms with Gasteiger partial charge in [-0.25, -0.2) is 14.2 Å². The molecule has 0 aliphatic carbocycles. The maximum atomic E-state index is 13.9. The first-order valence-corrected chi connectivity index (χ1v) is 5.62. The molecule has 2 N–H and O–H groups in total. The second-order valence-electron chi connectivity index (χ2n) is 4.03. The average molecular weight is 278 g/mol. The highest BCUT2D eigenvalue weighted by molar-refractivity contribution is 5.88. The van der Waals surface area contributed by atoms with Crippen molar-refractivity contribution in [3.63, 3.8) is 0 Å². The maximum Gasteiger partial charge on any atom is 0.343 e. The molecule has 7 heteroatoms. The third-order valence-corrected chi connectivity index (χ3v) is 2.75. The van der Waals surface area contributed by atoms with Crippen LogP contribution in [0.5, 0.6) is 5.75 Å². The number of carboxylic acids is 1. The fourth-order valence-electron chi connectivity index (χ4n) is 1.78. The quantitative estimate of drug-likeness (QED) is 0.889. The van der Waals surface area contributed by atoms with E-state index in [1.807, 2.05) is 0 Å². The SMILES string of the molecule is COc1ccc(-c2nc(C)c(C(=O)O)c(=O)[nH]2)c(F)c1. The van der Waals surface area contributed by atoms with Crippen LogP contribution in [-0.2, 0) is 0 Å². The van der Waals surface area contributed by atoms with Gasteiger partial charge in [0.05, 0.1) is 18.4 Å². The Hall–Kier alpha value is -2.70. The Morgan fingerprint density at radius 2 is 2.15 bits per heavy atom. The van der Waals surface area contributed by atoms with Crippen LogP contribution in [0.1, 0.15) is 16.1 Å². The summed E-state index contributed by atoms with van der Waals surface area (Å²) in [4.78, 5) is 28.8. The van der Waals surface area contributed by atoms with Crippen molar-refractivity contribution in [2.75, 3.05) is 7.11 Å². The lowest BCUT2D eigenvalue weighted by Crippen LogP contribution is -2.21. The molecule has 20 heavy (non-hydrogen) atoms. The van der Waals surface area contributed by atoms with Gasteiger partial charge in [-0.05, 0) is 19.1 Å². The second kappa shape index (κ2) is 5.12. The molecular formula is C13H11FN2O4. The van der Waals surface area contributed by atoms with Crippen LogP contribution in [0.25, 0.3) is 11.4 Å². The van der Waals surface area contributed by atoms with Crippen LogP contribution in [-0.4, -0.2) is 28.2 Å². The molecule has 0 bridgehead atoms. The van der Waals surface area contributed by atoms with Gasteiger partial charge < -0.3 is 14.8 Å². The predicted octanol–water partition coefficient (Wildman–Crippen LogP) is 1.59. The van der Waals surface area contributed by atoms with E-state index in [4.69, 9.17) is 9.84 Å². The lowest BCUT2D eigenvalue weighted by atomic mass is 10.1. The number of aromatic amines is 1. The summed E-state index contributed by atoms with van der Waals surface area (Å²) >= 11 is 0. The van der Waals surface area contributed by atoms with Crippen LogP contribution >= 0.6 is 0 Å². The molecule has 0 aliphatic rings. The van der Waals surface area contributed by atoms with E-state index in [2.05, 4.69) is 9.97 Å². The minimum Gasteiger partial charge on any atom is -0.497 e. The standard InChI is InChI=1S/C13H11FN2O4/c1-6-10(13(18)19)12(17)16-11(15-6)8-4-3-7(20-2)5-9(8)14/h3-5H,1-2H3,(H,18,19)(H,15,16,17). The molecule has 0 fully saturated rings. The van der Waals surface area contributed by atoms with Crippen LogP contribution < -0.4 is 10.3 Å². The minimum absolute atomic E-state index is 0.0199. The number of H-pyrrole nitrogens is 1. The van der Waals surface area contributed by atoms with E-state index in [0.29, 0.717) is 5.75 Å². The Balaban J connectivity index is 2.60. The molecule has 2 rings (SSSR count). The van der Waals surface area contributed by atoms with Crippen molar-refractivity contribution in [1.29, 1.82) is 0 Å². The Labute approximate surface area is 112 Å². The fraction of sp³-hybridized carbons (Fsp3) is 0.154. The van der Waals surface area contributed by atoms with E-state index in [9.17, 15) is 14.0 Å². The predicted molar refractivity (Wildman–Crippen MR) is 68.5 cm³/mol. The van der Waals surface area contributed by atoms with Crippen molar-refractivity contribution < 1.29 is 19.0 Å². The number of hydrogen-bond acceptors (Lipinski definition) is 4. The number of nitrogens with zero attached hydrogens (tertiary/aromatic N) is 1. The highest BCUT2D eigenvalue weighted by atomic mass is 19.1. The summed E-state index contributed by atoms with van der Waals surface area (Å²) < 4.78 is 18.8. The number of benzene rings is 1. The van der Waals surface area contributed by atoms with Gasteiger partial charge in [-0.3, -0.25) is 4.79 Å². The number of methoxy groups -OCH3 is 1. The molecule has 0 atom stereocenters. The second-order valence-corrected chi connectivity index (χ2v) is 4.03. The monoisotopic (exact) mass is 278 g/mol. The molecule has 0 aliphatic heterocycles. The highest BCUT2D eigenvalue weighted by Crippen LogP contribution is 2.23. The van der Waals surface area contributed by atoms with Gasteiger partial charge in [0.15, 0.2) is 0 Å². The van der Waals surface area contributed by atoms with Gasteiger partial charge in [0.25, 0.3) is 5.56 Å². The lowest BCUT2D eigenvalue weighted by Gasteiger charge is -2.07. The van der Waals surface area contributed by atoms with Crippen LogP contribution in [0.3, 0.4) is 0 Å². The van der Waals surface area contributed by atoms with Gasteiger partial charge in [-0.15, -0.1) is 0 Å². The Kier molecular flexibility index (Phi) is 3.51. The molecule has 0 amide bonds. The number of halogens is 1. The first kappa shape index (κ1) is 13.7. The number of aryl methyl sites for hydroxylation is 1. The lowest BCUT2D eigenvalue weighted by molar-refractivity contribution is 0.0693. The van der Waals surface area contributed by atoms with E-state index in [1.54, 1.807) is 0 Å². The molecule has 104 valence electrons. The zero-order chi connectivity index (χ0) is 14.9. The number of ether oxygens (including phenoxy) is 1. The van der Waals surface area contributed by atoms with Gasteiger partial charge in [-0.2, -0.15) is 0 Å². The number of carboxylic acid groups (broad SMARTS) is 1. The number of aromatic carboxylic acids is 1. The number of aromatic nitrogens is 2. The summed E-state index contributed by atoms with van der Waals surface area (Å²) in [7, 11) is 1.40. The van der Waals surface area contributed by atoms with Crippen LogP contribution in [0.4, 0.5) is 4.39 Å². The highest BCUT2D eigenvalue weighted by Gasteiger charge is 2.17. The zero-order valence-corrected chi connectivity index (χ0v) is 10.7. The molecule has 2 aromatic rings. The largest absolute Gasteiger partial charge is 0.497 e. The van der Waals surface area contributed by atoms with Gasteiger partial charge in [-0.1, -0.05) is 0 Å². The Morgan fingerprint density at radius 1 is 1.45 bits per heavy atom. The summed E-state index contributed by atoms with van der Waals surface area (Å²) in [5.41, 5.74) is -1.20. The molecule has 6 nitrogen and oxygen atoms in total. The van der Waals surface area contributed by atoms with E-state index >= 15 is 0 Å². The minimum atomic E-state index is -1.38. The summed E-state index contributed by atoms with van der Waals surface area (Å²) in [6.07, 6.45) is 0. The van der Waals surface area contributed by atoms with E-state index in [-0.39, 0.29) is 17.1 Å². The molecule has 0 saturated heterocycles. The fourth-order valence-corrected chi connectivity index (χ4v) is 1.78. The van der Waals surface area contributed by atoms with Crippen LogP contribution in [0.2, 0.25) is 0 Å². The molecule has 0 saturated carbocycles. The normalized spacial score (nSPS) is 10.3. The average Bonchev–Trinajstić information content (AvgIpc) is 2.37. The third-order valence-electron chi connectivity index (χ3n) is 2.75. The number of carbonyl (C=O) groups is 1. The Morgan fingerprint density at radius 3 is 2.65 bits per heavy atom.